The lowest BCUT2D eigenvalue weighted by atomic mass is 9.86. The van der Waals surface area contributed by atoms with Crippen LogP contribution in [0.15, 0.2) is 141 Å². The maximum atomic E-state index is 13.7. The maximum Gasteiger partial charge on any atom is 0.251 e. The van der Waals surface area contributed by atoms with Crippen molar-refractivity contribution in [2.24, 2.45) is 31.8 Å². The topological polar surface area (TPSA) is 330 Å². The van der Waals surface area contributed by atoms with Crippen LogP contribution in [0, 0.1) is 11.8 Å². The molecule has 13 atom stereocenters. The number of hydrogen-bond acceptors (Lipinski definition) is 21. The molecular weight excluding hydrogens is 1140 g/mol. The Kier molecular flexibility index (Phi) is 20.3. The number of fused-ring (bicyclic) bond motifs is 5. The number of amidine groups is 1. The van der Waals surface area contributed by atoms with Gasteiger partial charge < -0.3 is 81.1 Å². The third-order valence-electron chi connectivity index (χ3n) is 17.6. The van der Waals surface area contributed by atoms with E-state index in [9.17, 15) is 50.4 Å². The van der Waals surface area contributed by atoms with Gasteiger partial charge in [-0.2, -0.15) is 0 Å². The van der Waals surface area contributed by atoms with Crippen molar-refractivity contribution in [2.75, 3.05) is 39.5 Å². The average molecular weight is 1220 g/mol. The van der Waals surface area contributed by atoms with Crippen LogP contribution in [-0.4, -0.2) is 182 Å². The van der Waals surface area contributed by atoms with Gasteiger partial charge in [-0.25, -0.2) is 15.0 Å². The Morgan fingerprint density at radius 3 is 2.38 bits per heavy atom. The maximum absolute atomic E-state index is 13.7. The molecule has 1 aliphatic carbocycles. The van der Waals surface area contributed by atoms with E-state index >= 15 is 0 Å². The highest BCUT2D eigenvalue weighted by atomic mass is 32.2. The summed E-state index contributed by atoms with van der Waals surface area (Å²) in [6.07, 6.45) is -1.28. The Labute approximate surface area is 510 Å². The number of carbonyl (C=O) groups excluding carboxylic acids is 2. The third-order valence-corrected chi connectivity index (χ3v) is 18.6. The fourth-order valence-corrected chi connectivity index (χ4v) is 13.5. The average Bonchev–Trinajstić information content (AvgIpc) is 1.69. The van der Waals surface area contributed by atoms with Crippen molar-refractivity contribution >= 4 is 52.0 Å². The van der Waals surface area contributed by atoms with Crippen LogP contribution in [0.25, 0.3) is 6.08 Å². The molecule has 1 unspecified atom stereocenters. The lowest BCUT2D eigenvalue weighted by Crippen LogP contribution is -2.66. The lowest BCUT2D eigenvalue weighted by molar-refractivity contribution is -0.342. The zero-order chi connectivity index (χ0) is 62.0. The predicted octanol–water partition coefficient (Wildman–Crippen LogP) is 4.63. The number of carbonyl (C=O) groups is 2. The summed E-state index contributed by atoms with van der Waals surface area (Å²) in [7, 11) is 0. The normalized spacial score (nSPS) is 30.4. The number of rotatable bonds is 21. The number of amides is 2. The number of ether oxygens (including phenoxy) is 4. The highest BCUT2D eigenvalue weighted by Crippen LogP contribution is 2.47. The van der Waals surface area contributed by atoms with Crippen LogP contribution in [0.1, 0.15) is 116 Å². The van der Waals surface area contributed by atoms with Gasteiger partial charge in [0.2, 0.25) is 5.91 Å². The Balaban J connectivity index is 0.758. The zero-order valence-corrected chi connectivity index (χ0v) is 51.1. The van der Waals surface area contributed by atoms with E-state index in [1.807, 2.05) is 25.1 Å². The minimum Gasteiger partial charge on any atom is -0.511 e. The molecule has 23 heteroatoms. The van der Waals surface area contributed by atoms with Gasteiger partial charge in [-0.05, 0) is 111 Å². The molecule has 0 spiro atoms. The van der Waals surface area contributed by atoms with Gasteiger partial charge >= 0.3 is 0 Å². The standard InChI is InChI=1S/C64H82N8O14S/c1-8-10-11-12-20-83-34(7)51-32(5)43-24-42-31(4)39(53(70-42)40-23-47(75)52-33(6)44(71-54(40)52)25-45-38(9-2)30(3)41(68-45)26-46(51)69-43)16-17-50(76)65-18-19-66-61(82)36-15-13-14-35(21-36)22-37-27-67-64(87-37)72-62-58(80)57(79)60(49(29-74)84-62)86-63-59(81)56(78)55(77)48(28-73)85-63/h13-15,21-22,24-26,31,34,39,48-49,55-60,62-63,70,73-75,77-81H,8-12,16-20,23,27-29H2,1-7H3,(H,65,76)(H,66,82)(H,67,72)/b37-22-,42-24?,45-25?,46-26?,53-40?/t31-,34?,39-,48+,49+,55-,56-,57+,58+,59+,60+,62+,63-/m0/s1. The van der Waals surface area contributed by atoms with Gasteiger partial charge in [0.25, 0.3) is 5.91 Å². The molecule has 22 nitrogen and oxygen atoms in total. The molecule has 8 bridgehead atoms. The number of allylic oxidation sites excluding steroid dienone is 11. The van der Waals surface area contributed by atoms with Gasteiger partial charge in [-0.15, -0.1) is 0 Å². The summed E-state index contributed by atoms with van der Waals surface area (Å²) in [6, 6.07) is 7.00. The molecule has 1 aromatic carbocycles. The van der Waals surface area contributed by atoms with E-state index in [2.05, 4.69) is 80.0 Å². The first kappa shape index (κ1) is 63.8. The van der Waals surface area contributed by atoms with Gasteiger partial charge in [0, 0.05) is 83.0 Å². The second-order valence-electron chi connectivity index (χ2n) is 23.4. The van der Waals surface area contributed by atoms with Crippen LogP contribution in [0.2, 0.25) is 0 Å². The fraction of sp³-hybridized carbons (Fsp3) is 0.531. The molecule has 8 aliphatic heterocycles. The smallest absolute Gasteiger partial charge is 0.251 e. The summed E-state index contributed by atoms with van der Waals surface area (Å²) in [5, 5.41) is 97.3. The van der Waals surface area contributed by atoms with Crippen molar-refractivity contribution in [1.82, 2.24) is 21.3 Å². The van der Waals surface area contributed by atoms with E-state index in [0.29, 0.717) is 35.7 Å². The van der Waals surface area contributed by atoms with Gasteiger partial charge in [0.1, 0.15) is 54.6 Å². The molecule has 0 aromatic heterocycles. The van der Waals surface area contributed by atoms with Gasteiger partial charge in [0.15, 0.2) is 17.7 Å². The van der Waals surface area contributed by atoms with Crippen molar-refractivity contribution in [3.05, 3.63) is 132 Å². The summed E-state index contributed by atoms with van der Waals surface area (Å²) in [5.74, 6) is -0.425. The van der Waals surface area contributed by atoms with E-state index in [1.165, 1.54) is 18.2 Å². The lowest BCUT2D eigenvalue weighted by Gasteiger charge is -2.46. The van der Waals surface area contributed by atoms with Crippen molar-refractivity contribution < 1.29 is 69.4 Å². The van der Waals surface area contributed by atoms with E-state index in [0.717, 1.165) is 115 Å². The zero-order valence-electron chi connectivity index (χ0n) is 50.2. The number of thioether (sulfide) groups is 1. The molecule has 87 heavy (non-hydrogen) atoms. The molecule has 468 valence electrons. The molecule has 0 radical (unpaired) electrons. The van der Waals surface area contributed by atoms with Gasteiger partial charge in [-0.1, -0.05) is 63.9 Å². The number of aliphatic hydroxyl groups excluding tert-OH is 8. The number of nitrogens with one attached hydrogen (secondary N) is 4. The first-order valence-electron chi connectivity index (χ1n) is 30.3. The summed E-state index contributed by atoms with van der Waals surface area (Å²) in [4.78, 5) is 48.1. The minimum atomic E-state index is -1.79. The summed E-state index contributed by atoms with van der Waals surface area (Å²) in [6.45, 7) is 14.7. The highest BCUT2D eigenvalue weighted by Gasteiger charge is 2.51. The molecular formula is C64H82N8O14S. The van der Waals surface area contributed by atoms with Crippen LogP contribution in [0.5, 0.6) is 0 Å². The van der Waals surface area contributed by atoms with E-state index < -0.39 is 74.6 Å². The second kappa shape index (κ2) is 27.7. The molecule has 1 aromatic rings. The number of aliphatic hydroxyl groups is 8. The largest absolute Gasteiger partial charge is 0.511 e. The first-order valence-corrected chi connectivity index (χ1v) is 31.2. The SMILES string of the molecule is CCCCCCOC(C)C1=C(C)C2=NC1=CC1=NC(=CC3=C(C)C4=C(O)CC(=C5NC(=C2)[C@@H](C)[C@@H]5CCC(=O)NCCNC(=O)c2cccc(/C=C5/CN=C(N[C@@H]6O[C@H](CO)[C@@H](O[C@@H]7O[C@H](CO)[C@H](O)[C@H](O)[C@H]7O)[C@H](O)[C@H]6O)S5)c2)C4=N3)C(CC)=C1C. The molecule has 12 N–H and O–H groups in total. The molecule has 0 saturated carbocycles. The van der Waals surface area contributed by atoms with E-state index in [4.69, 9.17) is 33.9 Å². The van der Waals surface area contributed by atoms with E-state index in [-0.39, 0.29) is 61.6 Å². The van der Waals surface area contributed by atoms with Crippen LogP contribution in [-0.2, 0) is 23.7 Å². The van der Waals surface area contributed by atoms with Crippen molar-refractivity contribution in [2.45, 2.75) is 167 Å². The third kappa shape index (κ3) is 13.4. The minimum absolute atomic E-state index is 0.0590. The Hall–Kier alpha value is -6.19. The van der Waals surface area contributed by atoms with E-state index in [1.54, 1.807) is 18.2 Å². The molecule has 10 rings (SSSR count). The predicted molar refractivity (Wildman–Crippen MR) is 330 cm³/mol. The van der Waals surface area contributed by atoms with Crippen molar-refractivity contribution in [1.29, 1.82) is 0 Å². The summed E-state index contributed by atoms with van der Waals surface area (Å²) < 4.78 is 23.4. The number of nitrogens with zero attached hydrogens (tertiary/aromatic N) is 4. The number of aliphatic imine (C=N–C) groups is 4. The van der Waals surface area contributed by atoms with Crippen LogP contribution in [0.4, 0.5) is 0 Å². The van der Waals surface area contributed by atoms with Crippen LogP contribution < -0.4 is 21.3 Å². The number of benzene rings is 1. The molecule has 2 amide bonds. The Morgan fingerprint density at radius 1 is 0.862 bits per heavy atom. The van der Waals surface area contributed by atoms with Crippen LogP contribution in [0.3, 0.4) is 0 Å². The fourth-order valence-electron chi connectivity index (χ4n) is 12.6. The van der Waals surface area contributed by atoms with Gasteiger partial charge in [0.05, 0.1) is 60.1 Å². The molecule has 9 aliphatic rings. The van der Waals surface area contributed by atoms with Crippen molar-refractivity contribution in [3.8, 4) is 0 Å². The second-order valence-corrected chi connectivity index (χ2v) is 24.5. The Bertz CT molecular complexity index is 3310. The monoisotopic (exact) mass is 1220 g/mol. The quantitative estimate of drug-likeness (QED) is 0.0747. The summed E-state index contributed by atoms with van der Waals surface area (Å²) >= 11 is 1.24. The summed E-state index contributed by atoms with van der Waals surface area (Å²) in [5.41, 5.74) is 14.7. The number of hydrogen-bond donors (Lipinski definition) is 12. The molecule has 3 fully saturated rings. The number of unbranched alkanes of at least 4 members (excludes halogenated alkanes) is 3. The molecule has 8 heterocycles. The van der Waals surface area contributed by atoms with Crippen molar-refractivity contribution in [3.63, 3.8) is 0 Å². The van der Waals surface area contributed by atoms with Crippen LogP contribution >= 0.6 is 11.8 Å². The highest BCUT2D eigenvalue weighted by molar-refractivity contribution is 8.17. The first-order chi connectivity index (χ1) is 41.8. The molecule has 3 saturated heterocycles. The Morgan fingerprint density at radius 2 is 1.62 bits per heavy atom. The van der Waals surface area contributed by atoms with Gasteiger partial charge in [-0.3, -0.25) is 14.6 Å².